The van der Waals surface area contributed by atoms with Crippen molar-refractivity contribution >= 4 is 27.9 Å². The highest BCUT2D eigenvalue weighted by Crippen LogP contribution is 2.27. The van der Waals surface area contributed by atoms with Gasteiger partial charge in [0.25, 0.3) is 0 Å². The van der Waals surface area contributed by atoms with Gasteiger partial charge in [-0.3, -0.25) is 9.69 Å². The molecule has 0 bridgehead atoms. The molecular weight excluding hydrogens is 348 g/mol. The van der Waals surface area contributed by atoms with Crippen LogP contribution in [0.2, 0.25) is 0 Å². The summed E-state index contributed by atoms with van der Waals surface area (Å²) in [6, 6.07) is 7.75. The van der Waals surface area contributed by atoms with Crippen molar-refractivity contribution in [3.8, 4) is 5.75 Å². The molecule has 0 aliphatic carbocycles. The second kappa shape index (κ2) is 8.62. The van der Waals surface area contributed by atoms with Crippen molar-refractivity contribution < 1.29 is 9.53 Å². The highest BCUT2D eigenvalue weighted by atomic mass is 32.1. The Kier molecular flexibility index (Phi) is 6.24. The van der Waals surface area contributed by atoms with Gasteiger partial charge in [0.2, 0.25) is 0 Å². The van der Waals surface area contributed by atoms with Crippen molar-refractivity contribution in [3.63, 3.8) is 0 Å². The first-order valence-electron chi connectivity index (χ1n) is 8.96. The fraction of sp³-hybridized carbons (Fsp3) is 0.474. The van der Waals surface area contributed by atoms with Crippen molar-refractivity contribution in [2.75, 3.05) is 51.7 Å². The number of carbonyl (C=O) groups is 1. The molecule has 1 aromatic heterocycles. The molecule has 1 fully saturated rings. The van der Waals surface area contributed by atoms with E-state index in [0.29, 0.717) is 13.2 Å². The van der Waals surface area contributed by atoms with Crippen LogP contribution in [0, 0.1) is 6.92 Å². The van der Waals surface area contributed by atoms with Gasteiger partial charge in [-0.05, 0) is 45.2 Å². The topological polar surface area (TPSA) is 57.7 Å². The Labute approximate surface area is 158 Å². The number of Topliss-reactive ketones (excluding diaryl/α,β-unsaturated/α-hetero) is 1. The number of ketones is 1. The molecule has 0 amide bonds. The van der Waals surface area contributed by atoms with E-state index in [1.807, 2.05) is 38.1 Å². The Bertz CT molecular complexity index is 736. The average molecular weight is 375 g/mol. The van der Waals surface area contributed by atoms with Gasteiger partial charge >= 0.3 is 0 Å². The van der Waals surface area contributed by atoms with Crippen LogP contribution in [0.15, 0.2) is 24.3 Å². The Balaban J connectivity index is 1.61. The maximum atomic E-state index is 12.7. The molecular formula is C19H26N4O2S. The number of aryl methyl sites for hydroxylation is 1. The summed E-state index contributed by atoms with van der Waals surface area (Å²) in [5, 5.41) is 4.02. The average Bonchev–Trinajstić information content (AvgIpc) is 2.99. The molecule has 0 saturated carbocycles. The number of anilines is 2. The van der Waals surface area contributed by atoms with Crippen LogP contribution in [0.1, 0.15) is 22.3 Å². The minimum atomic E-state index is 0.157. The second-order valence-electron chi connectivity index (χ2n) is 6.52. The smallest absolute Gasteiger partial charge is 0.188 e. The van der Waals surface area contributed by atoms with Gasteiger partial charge in [-0.15, -0.1) is 0 Å². The lowest BCUT2D eigenvalue weighted by Gasteiger charge is -2.31. The number of aromatic nitrogens is 1. The lowest BCUT2D eigenvalue weighted by Crippen LogP contribution is -2.46. The molecule has 0 radical (unpaired) electrons. The van der Waals surface area contributed by atoms with Gasteiger partial charge in [0, 0.05) is 31.9 Å². The van der Waals surface area contributed by atoms with E-state index in [-0.39, 0.29) is 5.78 Å². The number of nitrogens with one attached hydrogen (secondary N) is 1. The van der Waals surface area contributed by atoms with Gasteiger partial charge in [0.15, 0.2) is 10.9 Å². The first-order valence-corrected chi connectivity index (χ1v) is 9.78. The summed E-state index contributed by atoms with van der Waals surface area (Å²) >= 11 is 1.43. The van der Waals surface area contributed by atoms with E-state index in [4.69, 9.17) is 4.74 Å². The summed E-state index contributed by atoms with van der Waals surface area (Å²) in [5.41, 5.74) is 1.72. The number of rotatable bonds is 7. The maximum Gasteiger partial charge on any atom is 0.188 e. The Hall–Kier alpha value is -1.96. The molecule has 1 aliphatic rings. The molecule has 0 unspecified atom stereocenters. The number of benzene rings is 1. The fourth-order valence-electron chi connectivity index (χ4n) is 2.91. The second-order valence-corrected chi connectivity index (χ2v) is 7.52. The van der Waals surface area contributed by atoms with Gasteiger partial charge in [-0.25, -0.2) is 4.98 Å². The van der Waals surface area contributed by atoms with Crippen LogP contribution in [0.5, 0.6) is 5.75 Å². The van der Waals surface area contributed by atoms with Gasteiger partial charge in [-0.2, -0.15) is 0 Å². The quantitative estimate of drug-likeness (QED) is 0.752. The third-order valence-electron chi connectivity index (χ3n) is 4.43. The number of nitrogens with zero attached hydrogens (tertiary/aromatic N) is 3. The van der Waals surface area contributed by atoms with Crippen molar-refractivity contribution in [1.29, 1.82) is 0 Å². The zero-order valence-corrected chi connectivity index (χ0v) is 16.4. The van der Waals surface area contributed by atoms with Gasteiger partial charge < -0.3 is 15.0 Å². The first kappa shape index (κ1) is 18.8. The monoisotopic (exact) mass is 374 g/mol. The molecule has 1 aromatic carbocycles. The van der Waals surface area contributed by atoms with Crippen LogP contribution in [0.4, 0.5) is 10.8 Å². The third kappa shape index (κ3) is 4.81. The third-order valence-corrected chi connectivity index (χ3v) is 5.54. The van der Waals surface area contributed by atoms with E-state index in [1.54, 1.807) is 0 Å². The van der Waals surface area contributed by atoms with Crippen molar-refractivity contribution in [3.05, 3.63) is 34.8 Å². The van der Waals surface area contributed by atoms with Crippen LogP contribution in [0.25, 0.3) is 0 Å². The number of hydrogen-bond acceptors (Lipinski definition) is 7. The van der Waals surface area contributed by atoms with Gasteiger partial charge in [-0.1, -0.05) is 11.3 Å². The van der Waals surface area contributed by atoms with E-state index in [2.05, 4.69) is 27.1 Å². The molecule has 7 heteroatoms. The summed E-state index contributed by atoms with van der Waals surface area (Å²) in [5.74, 6) is 1.00. The predicted molar refractivity (Wildman–Crippen MR) is 106 cm³/mol. The number of carbonyl (C=O) groups excluding carboxylic acids is 1. The number of thiazole rings is 1. The zero-order chi connectivity index (χ0) is 18.5. The molecule has 1 N–H and O–H groups in total. The van der Waals surface area contributed by atoms with Crippen LogP contribution >= 0.6 is 11.3 Å². The van der Waals surface area contributed by atoms with Crippen molar-refractivity contribution in [2.24, 2.45) is 0 Å². The molecule has 26 heavy (non-hydrogen) atoms. The van der Waals surface area contributed by atoms with E-state index < -0.39 is 0 Å². The lowest BCUT2D eigenvalue weighted by molar-refractivity contribution is 0.0879. The number of likely N-dealkylation sites (N-methyl/N-ethyl adjacent to an activating group) is 1. The van der Waals surface area contributed by atoms with Gasteiger partial charge in [0.1, 0.15) is 5.75 Å². The standard InChI is InChI=1S/C19H26N4O2S/c1-4-25-16-7-5-15(6-8-16)21-19-20-14(2)18(26-19)17(24)13-23-11-9-22(3)10-12-23/h5-8H,4,9-13H2,1-3H3,(H,20,21). The molecule has 1 saturated heterocycles. The molecule has 3 rings (SSSR count). The summed E-state index contributed by atoms with van der Waals surface area (Å²) in [6.07, 6.45) is 0. The predicted octanol–water partition coefficient (Wildman–Crippen LogP) is 3.02. The molecule has 6 nitrogen and oxygen atoms in total. The Morgan fingerprint density at radius 1 is 1.23 bits per heavy atom. The minimum absolute atomic E-state index is 0.157. The summed E-state index contributed by atoms with van der Waals surface area (Å²) in [7, 11) is 2.12. The van der Waals surface area contributed by atoms with Crippen LogP contribution < -0.4 is 10.1 Å². The Morgan fingerprint density at radius 2 is 1.92 bits per heavy atom. The highest BCUT2D eigenvalue weighted by molar-refractivity contribution is 7.17. The SMILES string of the molecule is CCOc1ccc(Nc2nc(C)c(C(=O)CN3CCN(C)CC3)s2)cc1. The van der Waals surface area contributed by atoms with Crippen molar-refractivity contribution in [1.82, 2.24) is 14.8 Å². The zero-order valence-electron chi connectivity index (χ0n) is 15.6. The largest absolute Gasteiger partial charge is 0.494 e. The highest BCUT2D eigenvalue weighted by Gasteiger charge is 2.21. The molecule has 0 spiro atoms. The van der Waals surface area contributed by atoms with Gasteiger partial charge in [0.05, 0.1) is 23.7 Å². The van der Waals surface area contributed by atoms with Crippen LogP contribution in [-0.2, 0) is 0 Å². The molecule has 0 atom stereocenters. The number of ether oxygens (including phenoxy) is 1. The minimum Gasteiger partial charge on any atom is -0.494 e. The van der Waals surface area contributed by atoms with Crippen LogP contribution in [-0.4, -0.2) is 66.9 Å². The normalized spacial score (nSPS) is 15.8. The van der Waals surface area contributed by atoms with Crippen LogP contribution in [0.3, 0.4) is 0 Å². The van der Waals surface area contributed by atoms with E-state index in [0.717, 1.165) is 53.3 Å². The Morgan fingerprint density at radius 3 is 2.58 bits per heavy atom. The molecule has 2 aromatic rings. The summed E-state index contributed by atoms with van der Waals surface area (Å²) < 4.78 is 5.45. The lowest BCUT2D eigenvalue weighted by atomic mass is 10.2. The van der Waals surface area contributed by atoms with E-state index in [1.165, 1.54) is 11.3 Å². The maximum absolute atomic E-state index is 12.7. The fourth-order valence-corrected chi connectivity index (χ4v) is 3.83. The number of hydrogen-bond donors (Lipinski definition) is 1. The van der Waals surface area contributed by atoms with E-state index in [9.17, 15) is 4.79 Å². The summed E-state index contributed by atoms with van der Waals surface area (Å²) in [6.45, 7) is 8.90. The molecule has 1 aliphatic heterocycles. The first-order chi connectivity index (χ1) is 12.5. The van der Waals surface area contributed by atoms with Crippen molar-refractivity contribution in [2.45, 2.75) is 13.8 Å². The molecule has 2 heterocycles. The van der Waals surface area contributed by atoms with E-state index >= 15 is 0 Å². The summed E-state index contributed by atoms with van der Waals surface area (Å²) in [4.78, 5) is 22.4. The molecule has 140 valence electrons. The number of piperazine rings is 1.